The third kappa shape index (κ3) is 2.13. The summed E-state index contributed by atoms with van der Waals surface area (Å²) in [4.78, 5) is 15.4. The summed E-state index contributed by atoms with van der Waals surface area (Å²) in [5.74, 6) is 0. The summed E-state index contributed by atoms with van der Waals surface area (Å²) in [7, 11) is 0. The lowest BCUT2D eigenvalue weighted by atomic mass is 9.91. The van der Waals surface area contributed by atoms with Crippen LogP contribution < -0.4 is 0 Å². The first-order chi connectivity index (χ1) is 7.49. The number of imidazole rings is 1. The molecule has 16 heavy (non-hydrogen) atoms. The predicted molar refractivity (Wildman–Crippen MR) is 63.7 cm³/mol. The number of fused-ring (bicyclic) bond motifs is 1. The van der Waals surface area contributed by atoms with Crippen molar-refractivity contribution in [3.05, 3.63) is 35.8 Å². The van der Waals surface area contributed by atoms with Crippen LogP contribution in [0.2, 0.25) is 0 Å². The molecule has 3 nitrogen and oxygen atoms in total. The summed E-state index contributed by atoms with van der Waals surface area (Å²) >= 11 is 0. The van der Waals surface area contributed by atoms with Crippen molar-refractivity contribution in [3.63, 3.8) is 0 Å². The summed E-state index contributed by atoms with van der Waals surface area (Å²) in [6, 6.07) is 5.56. The molecule has 84 valence electrons. The number of aromatic nitrogens is 2. The molecular formula is C13H16N2O. The molecule has 2 rings (SSSR count). The molecule has 0 spiro atoms. The molecule has 0 fully saturated rings. The minimum atomic E-state index is 0.208. The SMILES string of the molecule is CC(C)(C)Cc1cn2c(C=O)cccc2n1. The van der Waals surface area contributed by atoms with Crippen LogP contribution in [0.5, 0.6) is 0 Å². The number of rotatable bonds is 2. The van der Waals surface area contributed by atoms with E-state index in [-0.39, 0.29) is 5.41 Å². The van der Waals surface area contributed by atoms with E-state index in [2.05, 4.69) is 25.8 Å². The number of hydrogen-bond acceptors (Lipinski definition) is 2. The molecule has 0 amide bonds. The summed E-state index contributed by atoms with van der Waals surface area (Å²) < 4.78 is 1.84. The van der Waals surface area contributed by atoms with Gasteiger partial charge in [0.05, 0.1) is 11.4 Å². The smallest absolute Gasteiger partial charge is 0.166 e. The average Bonchev–Trinajstić information content (AvgIpc) is 2.56. The average molecular weight is 216 g/mol. The molecule has 0 radical (unpaired) electrons. The van der Waals surface area contributed by atoms with Gasteiger partial charge in [-0.3, -0.25) is 9.20 Å². The fourth-order valence-corrected chi connectivity index (χ4v) is 1.81. The van der Waals surface area contributed by atoms with Gasteiger partial charge in [0.15, 0.2) is 6.29 Å². The Kier molecular flexibility index (Phi) is 2.54. The van der Waals surface area contributed by atoms with Crippen molar-refractivity contribution in [2.75, 3.05) is 0 Å². The van der Waals surface area contributed by atoms with Crippen LogP contribution in [0.1, 0.15) is 37.0 Å². The Bertz CT molecular complexity index is 520. The maximum atomic E-state index is 10.9. The molecule has 0 aromatic carbocycles. The molecule has 2 heterocycles. The molecule has 0 saturated carbocycles. The van der Waals surface area contributed by atoms with Crippen LogP contribution in [0.4, 0.5) is 0 Å². The van der Waals surface area contributed by atoms with Crippen molar-refractivity contribution in [1.82, 2.24) is 9.38 Å². The highest BCUT2D eigenvalue weighted by molar-refractivity contribution is 5.73. The zero-order chi connectivity index (χ0) is 11.8. The van der Waals surface area contributed by atoms with Crippen LogP contribution in [0.25, 0.3) is 5.65 Å². The Morgan fingerprint density at radius 1 is 1.38 bits per heavy atom. The molecule has 0 bridgehead atoms. The summed E-state index contributed by atoms with van der Waals surface area (Å²) in [6.07, 6.45) is 3.72. The van der Waals surface area contributed by atoms with E-state index in [4.69, 9.17) is 0 Å². The van der Waals surface area contributed by atoms with Gasteiger partial charge in [0.25, 0.3) is 0 Å². The van der Waals surface area contributed by atoms with Crippen LogP contribution in [-0.4, -0.2) is 15.7 Å². The molecule has 0 atom stereocenters. The maximum Gasteiger partial charge on any atom is 0.166 e. The lowest BCUT2D eigenvalue weighted by molar-refractivity contribution is 0.111. The van der Waals surface area contributed by atoms with Gasteiger partial charge in [0.1, 0.15) is 5.65 Å². The number of hydrogen-bond donors (Lipinski definition) is 0. The van der Waals surface area contributed by atoms with Crippen molar-refractivity contribution in [2.45, 2.75) is 27.2 Å². The lowest BCUT2D eigenvalue weighted by Gasteiger charge is -2.15. The van der Waals surface area contributed by atoms with Gasteiger partial charge < -0.3 is 0 Å². The fourth-order valence-electron chi connectivity index (χ4n) is 1.81. The third-order valence-electron chi connectivity index (χ3n) is 2.41. The van der Waals surface area contributed by atoms with Gasteiger partial charge in [0, 0.05) is 6.20 Å². The molecule has 3 heteroatoms. The maximum absolute atomic E-state index is 10.9. The van der Waals surface area contributed by atoms with Crippen LogP contribution >= 0.6 is 0 Å². The number of pyridine rings is 1. The molecule has 0 aliphatic carbocycles. The third-order valence-corrected chi connectivity index (χ3v) is 2.41. The zero-order valence-corrected chi connectivity index (χ0v) is 9.90. The van der Waals surface area contributed by atoms with E-state index in [1.807, 2.05) is 22.7 Å². The van der Waals surface area contributed by atoms with E-state index in [0.717, 1.165) is 24.0 Å². The van der Waals surface area contributed by atoms with Gasteiger partial charge in [-0.15, -0.1) is 0 Å². The first kappa shape index (κ1) is 10.9. The Morgan fingerprint density at radius 3 is 2.75 bits per heavy atom. The highest BCUT2D eigenvalue weighted by Crippen LogP contribution is 2.20. The van der Waals surface area contributed by atoms with E-state index in [0.29, 0.717) is 5.69 Å². The number of nitrogens with zero attached hydrogens (tertiary/aromatic N) is 2. The van der Waals surface area contributed by atoms with Gasteiger partial charge >= 0.3 is 0 Å². The Labute approximate surface area is 95.1 Å². The first-order valence-corrected chi connectivity index (χ1v) is 5.42. The van der Waals surface area contributed by atoms with Crippen molar-refractivity contribution in [3.8, 4) is 0 Å². The van der Waals surface area contributed by atoms with E-state index < -0.39 is 0 Å². The molecule has 2 aromatic rings. The summed E-state index contributed by atoms with van der Waals surface area (Å²) in [5.41, 5.74) is 2.72. The Morgan fingerprint density at radius 2 is 2.12 bits per heavy atom. The van der Waals surface area contributed by atoms with Crippen molar-refractivity contribution < 1.29 is 4.79 Å². The second kappa shape index (κ2) is 3.74. The van der Waals surface area contributed by atoms with E-state index in [9.17, 15) is 4.79 Å². The fraction of sp³-hybridized carbons (Fsp3) is 0.385. The number of aldehydes is 1. The van der Waals surface area contributed by atoms with Gasteiger partial charge in [-0.2, -0.15) is 0 Å². The van der Waals surface area contributed by atoms with Crippen LogP contribution in [0.15, 0.2) is 24.4 Å². The predicted octanol–water partition coefficient (Wildman–Crippen LogP) is 2.74. The lowest BCUT2D eigenvalue weighted by Crippen LogP contribution is -2.09. The molecule has 0 unspecified atom stereocenters. The van der Waals surface area contributed by atoms with Crippen LogP contribution in [-0.2, 0) is 6.42 Å². The van der Waals surface area contributed by atoms with Gasteiger partial charge in [-0.05, 0) is 24.0 Å². The van der Waals surface area contributed by atoms with Gasteiger partial charge in [0.2, 0.25) is 0 Å². The molecule has 2 aromatic heterocycles. The number of carbonyl (C=O) groups is 1. The zero-order valence-electron chi connectivity index (χ0n) is 9.90. The molecule has 0 aliphatic heterocycles. The Balaban J connectivity index is 2.48. The summed E-state index contributed by atoms with van der Waals surface area (Å²) in [6.45, 7) is 6.53. The molecule has 0 aliphatic rings. The van der Waals surface area contributed by atoms with Crippen molar-refractivity contribution in [2.24, 2.45) is 5.41 Å². The number of carbonyl (C=O) groups excluding carboxylic acids is 1. The topological polar surface area (TPSA) is 34.4 Å². The summed E-state index contributed by atoms with van der Waals surface area (Å²) in [5, 5.41) is 0. The van der Waals surface area contributed by atoms with E-state index in [1.165, 1.54) is 0 Å². The Hall–Kier alpha value is -1.64. The highest BCUT2D eigenvalue weighted by Gasteiger charge is 2.14. The normalized spacial score (nSPS) is 11.9. The largest absolute Gasteiger partial charge is 0.297 e. The van der Waals surface area contributed by atoms with E-state index >= 15 is 0 Å². The van der Waals surface area contributed by atoms with E-state index in [1.54, 1.807) is 6.07 Å². The van der Waals surface area contributed by atoms with Gasteiger partial charge in [-0.25, -0.2) is 4.98 Å². The van der Waals surface area contributed by atoms with Crippen molar-refractivity contribution in [1.29, 1.82) is 0 Å². The quantitative estimate of drug-likeness (QED) is 0.723. The minimum absolute atomic E-state index is 0.208. The van der Waals surface area contributed by atoms with Gasteiger partial charge in [-0.1, -0.05) is 26.8 Å². The minimum Gasteiger partial charge on any atom is -0.297 e. The van der Waals surface area contributed by atoms with Crippen LogP contribution in [0.3, 0.4) is 0 Å². The molecule has 0 N–H and O–H groups in total. The van der Waals surface area contributed by atoms with Crippen molar-refractivity contribution >= 4 is 11.9 Å². The first-order valence-electron chi connectivity index (χ1n) is 5.42. The second-order valence-corrected chi connectivity index (χ2v) is 5.27. The monoisotopic (exact) mass is 216 g/mol. The standard InChI is InChI=1S/C13H16N2O/c1-13(2,3)7-10-8-15-11(9-16)5-4-6-12(15)14-10/h4-6,8-9H,7H2,1-3H3. The molecule has 0 saturated heterocycles. The van der Waals surface area contributed by atoms with Crippen LogP contribution in [0, 0.1) is 5.41 Å². The highest BCUT2D eigenvalue weighted by atomic mass is 16.1. The molecular weight excluding hydrogens is 200 g/mol. The second-order valence-electron chi connectivity index (χ2n) is 5.27.